The van der Waals surface area contributed by atoms with Gasteiger partial charge in [-0.2, -0.15) is 0 Å². The van der Waals surface area contributed by atoms with Crippen molar-refractivity contribution >= 4 is 23.3 Å². The van der Waals surface area contributed by atoms with Gasteiger partial charge in [-0.05, 0) is 49.0 Å². The van der Waals surface area contributed by atoms with Crippen LogP contribution in [0.5, 0.6) is 11.5 Å². The molecular formula is C20H24ClN3O3. The van der Waals surface area contributed by atoms with E-state index in [9.17, 15) is 4.79 Å². The van der Waals surface area contributed by atoms with Crippen molar-refractivity contribution in [2.45, 2.75) is 6.04 Å². The summed E-state index contributed by atoms with van der Waals surface area (Å²) in [5, 5.41) is 3.57. The van der Waals surface area contributed by atoms with Gasteiger partial charge in [0, 0.05) is 30.3 Å². The van der Waals surface area contributed by atoms with Crippen LogP contribution in [0.2, 0.25) is 5.02 Å². The van der Waals surface area contributed by atoms with Gasteiger partial charge in [0.05, 0.1) is 20.3 Å². The minimum Gasteiger partial charge on any atom is -0.493 e. The number of benzene rings is 2. The lowest BCUT2D eigenvalue weighted by molar-refractivity contribution is 0.116. The van der Waals surface area contributed by atoms with Crippen LogP contribution < -0.4 is 14.8 Å². The molecule has 1 N–H and O–H groups in total. The molecule has 27 heavy (non-hydrogen) atoms. The molecule has 2 aromatic carbocycles. The third-order valence-electron chi connectivity index (χ3n) is 4.82. The number of piperazine rings is 1. The van der Waals surface area contributed by atoms with Crippen LogP contribution in [-0.4, -0.2) is 56.7 Å². The third kappa shape index (κ3) is 4.46. The van der Waals surface area contributed by atoms with Crippen molar-refractivity contribution in [1.82, 2.24) is 9.80 Å². The summed E-state index contributed by atoms with van der Waals surface area (Å²) in [6.07, 6.45) is 0. The quantitative estimate of drug-likeness (QED) is 0.862. The summed E-state index contributed by atoms with van der Waals surface area (Å²) in [6, 6.07) is 13.0. The van der Waals surface area contributed by atoms with Crippen molar-refractivity contribution in [2.75, 3.05) is 46.2 Å². The van der Waals surface area contributed by atoms with Crippen LogP contribution in [0.1, 0.15) is 11.6 Å². The molecule has 0 aromatic heterocycles. The van der Waals surface area contributed by atoms with Gasteiger partial charge in [-0.1, -0.05) is 17.7 Å². The number of anilines is 1. The lowest BCUT2D eigenvalue weighted by Crippen LogP contribution is -2.50. The summed E-state index contributed by atoms with van der Waals surface area (Å²) < 4.78 is 10.7. The van der Waals surface area contributed by atoms with E-state index in [1.165, 1.54) is 0 Å². The maximum absolute atomic E-state index is 12.7. The molecule has 0 aliphatic carbocycles. The van der Waals surface area contributed by atoms with Crippen LogP contribution in [0.4, 0.5) is 10.5 Å². The van der Waals surface area contributed by atoms with E-state index in [2.05, 4.69) is 17.3 Å². The standard InChI is InChI=1S/C20H24ClN3O3/c1-23-10-11-24(20(25)22-16-7-5-15(21)6-8-16)13-17(23)14-4-9-18(26-2)19(12-14)27-3/h4-9,12,17H,10-11,13H2,1-3H3,(H,22,25). The highest BCUT2D eigenvalue weighted by Crippen LogP contribution is 2.33. The molecule has 1 saturated heterocycles. The fraction of sp³-hybridized carbons (Fsp3) is 0.350. The van der Waals surface area contributed by atoms with E-state index in [0.717, 1.165) is 17.8 Å². The Balaban J connectivity index is 1.73. The Hall–Kier alpha value is -2.44. The van der Waals surface area contributed by atoms with Crippen molar-refractivity contribution in [3.05, 3.63) is 53.1 Å². The molecule has 1 heterocycles. The van der Waals surface area contributed by atoms with E-state index in [4.69, 9.17) is 21.1 Å². The molecule has 1 unspecified atom stereocenters. The second kappa shape index (κ2) is 8.50. The van der Waals surface area contributed by atoms with Crippen LogP contribution in [0.3, 0.4) is 0 Å². The fourth-order valence-corrected chi connectivity index (χ4v) is 3.34. The van der Waals surface area contributed by atoms with E-state index in [1.807, 2.05) is 23.1 Å². The van der Waals surface area contributed by atoms with Gasteiger partial charge in [0.2, 0.25) is 0 Å². The smallest absolute Gasteiger partial charge is 0.321 e. The topological polar surface area (TPSA) is 54.0 Å². The first-order valence-corrected chi connectivity index (χ1v) is 9.13. The van der Waals surface area contributed by atoms with Crippen molar-refractivity contribution in [3.63, 3.8) is 0 Å². The zero-order valence-corrected chi connectivity index (χ0v) is 16.5. The first kappa shape index (κ1) is 19.3. The van der Waals surface area contributed by atoms with Crippen molar-refractivity contribution in [3.8, 4) is 11.5 Å². The Labute approximate surface area is 164 Å². The molecule has 1 aliphatic heterocycles. The van der Waals surface area contributed by atoms with E-state index < -0.39 is 0 Å². The predicted molar refractivity (Wildman–Crippen MR) is 107 cm³/mol. The maximum atomic E-state index is 12.7. The average molecular weight is 390 g/mol. The molecule has 6 nitrogen and oxygen atoms in total. The summed E-state index contributed by atoms with van der Waals surface area (Å²) >= 11 is 5.90. The summed E-state index contributed by atoms with van der Waals surface area (Å²) in [5.41, 5.74) is 1.81. The number of rotatable bonds is 4. The van der Waals surface area contributed by atoms with Crippen LogP contribution in [0, 0.1) is 0 Å². The molecule has 1 atom stereocenters. The lowest BCUT2D eigenvalue weighted by atomic mass is 10.0. The second-order valence-corrected chi connectivity index (χ2v) is 6.93. The molecule has 0 saturated carbocycles. The molecule has 3 rings (SSSR count). The number of carbonyl (C=O) groups is 1. The van der Waals surface area contributed by atoms with Gasteiger partial charge in [-0.25, -0.2) is 4.79 Å². The van der Waals surface area contributed by atoms with E-state index in [1.54, 1.807) is 38.5 Å². The normalized spacial score (nSPS) is 17.5. The van der Waals surface area contributed by atoms with Crippen LogP contribution in [0.25, 0.3) is 0 Å². The van der Waals surface area contributed by atoms with Gasteiger partial charge in [-0.15, -0.1) is 0 Å². The van der Waals surface area contributed by atoms with E-state index >= 15 is 0 Å². The van der Waals surface area contributed by atoms with Crippen molar-refractivity contribution < 1.29 is 14.3 Å². The minimum atomic E-state index is -0.115. The Bertz CT molecular complexity index is 798. The molecule has 2 aromatic rings. The van der Waals surface area contributed by atoms with Crippen molar-refractivity contribution in [2.24, 2.45) is 0 Å². The highest BCUT2D eigenvalue weighted by atomic mass is 35.5. The average Bonchev–Trinajstić information content (AvgIpc) is 2.69. The molecule has 0 radical (unpaired) electrons. The van der Waals surface area contributed by atoms with Gasteiger partial charge in [-0.3, -0.25) is 4.90 Å². The number of halogens is 1. The van der Waals surface area contributed by atoms with Gasteiger partial charge < -0.3 is 19.7 Å². The van der Waals surface area contributed by atoms with Crippen LogP contribution in [0.15, 0.2) is 42.5 Å². The zero-order chi connectivity index (χ0) is 19.4. The molecule has 0 bridgehead atoms. The monoisotopic (exact) mass is 389 g/mol. The number of methoxy groups -OCH3 is 2. The molecule has 7 heteroatoms. The van der Waals surface area contributed by atoms with Crippen LogP contribution >= 0.6 is 11.6 Å². The van der Waals surface area contributed by atoms with Gasteiger partial charge in [0.25, 0.3) is 0 Å². The SMILES string of the molecule is COc1ccc(C2CN(C(=O)Nc3ccc(Cl)cc3)CCN2C)cc1OC. The predicted octanol–water partition coefficient (Wildman–Crippen LogP) is 3.88. The summed E-state index contributed by atoms with van der Waals surface area (Å²) in [7, 11) is 5.31. The number of nitrogens with zero attached hydrogens (tertiary/aromatic N) is 2. The number of carbonyl (C=O) groups excluding carboxylic acids is 1. The number of likely N-dealkylation sites (N-methyl/N-ethyl adjacent to an activating group) is 1. The second-order valence-electron chi connectivity index (χ2n) is 6.49. The van der Waals surface area contributed by atoms with Gasteiger partial charge >= 0.3 is 6.03 Å². The molecule has 1 aliphatic rings. The molecule has 1 fully saturated rings. The summed E-state index contributed by atoms with van der Waals surface area (Å²) in [5.74, 6) is 1.38. The molecule has 144 valence electrons. The number of ether oxygens (including phenoxy) is 2. The number of amides is 2. The Morgan fingerprint density at radius 2 is 1.78 bits per heavy atom. The third-order valence-corrected chi connectivity index (χ3v) is 5.08. The minimum absolute atomic E-state index is 0.0783. The highest BCUT2D eigenvalue weighted by Gasteiger charge is 2.29. The highest BCUT2D eigenvalue weighted by molar-refractivity contribution is 6.30. The maximum Gasteiger partial charge on any atom is 0.321 e. The Kier molecular flexibility index (Phi) is 6.08. The molecule has 0 spiro atoms. The zero-order valence-electron chi connectivity index (χ0n) is 15.7. The summed E-state index contributed by atoms with van der Waals surface area (Å²) in [6.45, 7) is 2.04. The van der Waals surface area contributed by atoms with Gasteiger partial charge in [0.1, 0.15) is 0 Å². The first-order chi connectivity index (χ1) is 13.0. The Morgan fingerprint density at radius 1 is 1.07 bits per heavy atom. The fourth-order valence-electron chi connectivity index (χ4n) is 3.21. The largest absolute Gasteiger partial charge is 0.493 e. The molecule has 2 amide bonds. The molecular weight excluding hydrogens is 366 g/mol. The van der Waals surface area contributed by atoms with E-state index in [0.29, 0.717) is 29.6 Å². The van der Waals surface area contributed by atoms with Crippen LogP contribution in [-0.2, 0) is 0 Å². The first-order valence-electron chi connectivity index (χ1n) is 8.75. The Morgan fingerprint density at radius 3 is 2.44 bits per heavy atom. The number of urea groups is 1. The van der Waals surface area contributed by atoms with E-state index in [-0.39, 0.29) is 12.1 Å². The van der Waals surface area contributed by atoms with Gasteiger partial charge in [0.15, 0.2) is 11.5 Å². The summed E-state index contributed by atoms with van der Waals surface area (Å²) in [4.78, 5) is 16.8. The number of hydrogen-bond acceptors (Lipinski definition) is 4. The number of nitrogens with one attached hydrogen (secondary N) is 1. The van der Waals surface area contributed by atoms with Crippen molar-refractivity contribution in [1.29, 1.82) is 0 Å². The number of hydrogen-bond donors (Lipinski definition) is 1. The lowest BCUT2D eigenvalue weighted by Gasteiger charge is -2.39.